The number of anilines is 1. The molecule has 0 saturated carbocycles. The van der Waals surface area contributed by atoms with Gasteiger partial charge in [-0.2, -0.15) is 0 Å². The van der Waals surface area contributed by atoms with Crippen molar-refractivity contribution in [2.75, 3.05) is 26.2 Å². The Labute approximate surface area is 225 Å². The van der Waals surface area contributed by atoms with Crippen molar-refractivity contribution in [3.63, 3.8) is 0 Å². The van der Waals surface area contributed by atoms with Gasteiger partial charge in [-0.25, -0.2) is 0 Å². The summed E-state index contributed by atoms with van der Waals surface area (Å²) in [6, 6.07) is 16.0. The van der Waals surface area contributed by atoms with E-state index in [9.17, 15) is 19.5 Å². The molecule has 3 aromatic carbocycles. The van der Waals surface area contributed by atoms with Crippen LogP contribution in [-0.4, -0.2) is 44.1 Å². The molecule has 9 heteroatoms. The first kappa shape index (κ1) is 26.8. The lowest BCUT2D eigenvalue weighted by atomic mass is 9.92. The van der Waals surface area contributed by atoms with Gasteiger partial charge in [0.05, 0.1) is 50.0 Å². The molecule has 196 valence electrons. The molecule has 1 aliphatic rings. The van der Waals surface area contributed by atoms with E-state index in [1.54, 1.807) is 36.4 Å². The number of ketones is 1. The molecule has 1 N–H and O–H groups in total. The predicted molar refractivity (Wildman–Crippen MR) is 143 cm³/mol. The van der Waals surface area contributed by atoms with Crippen LogP contribution in [0.4, 0.5) is 5.69 Å². The monoisotopic (exact) mass is 535 g/mol. The van der Waals surface area contributed by atoms with Gasteiger partial charge in [-0.15, -0.1) is 0 Å². The maximum absolute atomic E-state index is 13.5. The Hall–Kier alpha value is -4.30. The number of hydrogen-bond donors (Lipinski definition) is 1. The highest BCUT2D eigenvalue weighted by Crippen LogP contribution is 2.45. The van der Waals surface area contributed by atoms with Crippen LogP contribution in [0.15, 0.2) is 66.2 Å². The first-order valence-corrected chi connectivity index (χ1v) is 12.0. The molecular formula is C29H26ClNO7. The SMILES string of the molecule is COC(=O)Cc1ccc(N2C(=O)C(=O)/C(=C(/O)c3cc(Cl)c(OC)cc3OC)C2c2ccccc2C)cc1. The highest BCUT2D eigenvalue weighted by molar-refractivity contribution is 6.51. The Balaban J connectivity index is 1.92. The number of methoxy groups -OCH3 is 3. The van der Waals surface area contributed by atoms with Gasteiger partial charge in [0, 0.05) is 11.8 Å². The predicted octanol–water partition coefficient (Wildman–Crippen LogP) is 5.01. The van der Waals surface area contributed by atoms with Gasteiger partial charge < -0.3 is 19.3 Å². The first-order valence-electron chi connectivity index (χ1n) is 11.7. The maximum Gasteiger partial charge on any atom is 0.309 e. The average molecular weight is 536 g/mol. The first-order chi connectivity index (χ1) is 18.2. The van der Waals surface area contributed by atoms with Crippen LogP contribution in [0.1, 0.15) is 28.3 Å². The van der Waals surface area contributed by atoms with Crippen LogP contribution in [0.3, 0.4) is 0 Å². The number of benzene rings is 3. The minimum atomic E-state index is -0.937. The Morgan fingerprint density at radius 2 is 1.63 bits per heavy atom. The lowest BCUT2D eigenvalue weighted by Crippen LogP contribution is -2.29. The van der Waals surface area contributed by atoms with Crippen molar-refractivity contribution in [2.24, 2.45) is 0 Å². The van der Waals surface area contributed by atoms with Crippen LogP contribution < -0.4 is 14.4 Å². The second kappa shape index (κ2) is 11.0. The van der Waals surface area contributed by atoms with E-state index in [1.165, 1.54) is 38.4 Å². The summed E-state index contributed by atoms with van der Waals surface area (Å²) in [5, 5.41) is 11.7. The summed E-state index contributed by atoms with van der Waals surface area (Å²) in [6.45, 7) is 1.86. The minimum Gasteiger partial charge on any atom is -0.507 e. The van der Waals surface area contributed by atoms with Crippen LogP contribution in [0.25, 0.3) is 5.76 Å². The van der Waals surface area contributed by atoms with Gasteiger partial charge in [0.25, 0.3) is 11.7 Å². The second-order valence-electron chi connectivity index (χ2n) is 8.63. The van der Waals surface area contributed by atoms with Crippen molar-refractivity contribution >= 4 is 40.7 Å². The zero-order valence-corrected chi connectivity index (χ0v) is 22.0. The van der Waals surface area contributed by atoms with E-state index in [1.807, 2.05) is 19.1 Å². The third-order valence-electron chi connectivity index (χ3n) is 6.45. The number of rotatable bonds is 7. The second-order valence-corrected chi connectivity index (χ2v) is 9.04. The minimum absolute atomic E-state index is 0.0643. The van der Waals surface area contributed by atoms with Gasteiger partial charge in [0.1, 0.15) is 17.3 Å². The van der Waals surface area contributed by atoms with Crippen molar-refractivity contribution in [1.29, 1.82) is 0 Å². The summed E-state index contributed by atoms with van der Waals surface area (Å²) in [6.07, 6.45) is 0.0643. The van der Waals surface area contributed by atoms with Gasteiger partial charge in [0.2, 0.25) is 0 Å². The molecule has 4 rings (SSSR count). The zero-order chi connectivity index (χ0) is 27.6. The third kappa shape index (κ3) is 4.82. The molecule has 0 aromatic heterocycles. The van der Waals surface area contributed by atoms with Crippen molar-refractivity contribution < 1.29 is 33.7 Å². The van der Waals surface area contributed by atoms with Crippen molar-refractivity contribution in [3.8, 4) is 11.5 Å². The normalized spacial score (nSPS) is 16.4. The number of aliphatic hydroxyl groups is 1. The number of carbonyl (C=O) groups excluding carboxylic acids is 3. The Bertz CT molecular complexity index is 1450. The lowest BCUT2D eigenvalue weighted by molar-refractivity contribution is -0.139. The summed E-state index contributed by atoms with van der Waals surface area (Å²) in [4.78, 5) is 40.0. The molecule has 1 unspecified atom stereocenters. The van der Waals surface area contributed by atoms with E-state index < -0.39 is 29.5 Å². The Morgan fingerprint density at radius 1 is 0.974 bits per heavy atom. The number of aryl methyl sites for hydroxylation is 1. The number of ether oxygens (including phenoxy) is 3. The summed E-state index contributed by atoms with van der Waals surface area (Å²) < 4.78 is 15.4. The molecule has 0 radical (unpaired) electrons. The lowest BCUT2D eigenvalue weighted by Gasteiger charge is -2.27. The van der Waals surface area contributed by atoms with Crippen molar-refractivity contribution in [2.45, 2.75) is 19.4 Å². The number of nitrogens with zero attached hydrogens (tertiary/aromatic N) is 1. The molecule has 8 nitrogen and oxygen atoms in total. The van der Waals surface area contributed by atoms with Crippen LogP contribution in [0.2, 0.25) is 5.02 Å². The highest BCUT2D eigenvalue weighted by Gasteiger charge is 2.47. The molecule has 1 amide bonds. The number of aliphatic hydroxyl groups excluding tert-OH is 1. The van der Waals surface area contributed by atoms with Crippen LogP contribution in [0.5, 0.6) is 11.5 Å². The number of hydrogen-bond acceptors (Lipinski definition) is 7. The Morgan fingerprint density at radius 3 is 2.24 bits per heavy atom. The van der Waals surface area contributed by atoms with Crippen molar-refractivity contribution in [1.82, 2.24) is 0 Å². The van der Waals surface area contributed by atoms with E-state index in [-0.39, 0.29) is 28.3 Å². The van der Waals surface area contributed by atoms with E-state index >= 15 is 0 Å². The van der Waals surface area contributed by atoms with Gasteiger partial charge in [-0.3, -0.25) is 19.3 Å². The zero-order valence-electron chi connectivity index (χ0n) is 21.3. The summed E-state index contributed by atoms with van der Waals surface area (Å²) >= 11 is 6.33. The number of carbonyl (C=O) groups is 3. The molecule has 3 aromatic rings. The maximum atomic E-state index is 13.5. The largest absolute Gasteiger partial charge is 0.507 e. The summed E-state index contributed by atoms with van der Waals surface area (Å²) in [5.74, 6) is -1.95. The van der Waals surface area contributed by atoms with E-state index in [2.05, 4.69) is 0 Å². The number of esters is 1. The molecule has 0 aliphatic carbocycles. The highest BCUT2D eigenvalue weighted by atomic mass is 35.5. The number of halogens is 1. The van der Waals surface area contributed by atoms with Gasteiger partial charge in [0.15, 0.2) is 0 Å². The smallest absolute Gasteiger partial charge is 0.309 e. The van der Waals surface area contributed by atoms with Gasteiger partial charge in [-0.05, 0) is 41.8 Å². The van der Waals surface area contributed by atoms with Gasteiger partial charge in [-0.1, -0.05) is 48.0 Å². The van der Waals surface area contributed by atoms with E-state index in [4.69, 9.17) is 25.8 Å². The standard InChI is InChI=1S/C29H26ClNO7/c1-16-7-5-6-8-19(16)26-25(27(33)20-14-21(30)23(37-3)15-22(20)36-2)28(34)29(35)31(26)18-11-9-17(10-12-18)13-24(32)38-4/h5-12,14-15,26,33H,13H2,1-4H3/b27-25+. The molecule has 1 fully saturated rings. The molecule has 1 aliphatic heterocycles. The van der Waals surface area contributed by atoms with Gasteiger partial charge >= 0.3 is 5.97 Å². The molecule has 0 bridgehead atoms. The summed E-state index contributed by atoms with van der Waals surface area (Å²) in [5.41, 5.74) is 2.61. The average Bonchev–Trinajstić information content (AvgIpc) is 3.18. The topological polar surface area (TPSA) is 102 Å². The van der Waals surface area contributed by atoms with Crippen LogP contribution in [0, 0.1) is 6.92 Å². The molecule has 0 spiro atoms. The molecular weight excluding hydrogens is 510 g/mol. The fourth-order valence-corrected chi connectivity index (χ4v) is 4.73. The number of Topliss-reactive ketones (excluding diaryl/α,β-unsaturated/α-hetero) is 1. The third-order valence-corrected chi connectivity index (χ3v) is 6.74. The van der Waals surface area contributed by atoms with Crippen LogP contribution in [-0.2, 0) is 25.5 Å². The molecule has 1 atom stereocenters. The summed E-state index contributed by atoms with van der Waals surface area (Å²) in [7, 11) is 4.16. The van der Waals surface area contributed by atoms with Crippen LogP contribution >= 0.6 is 11.6 Å². The Kier molecular flexibility index (Phi) is 7.73. The number of amides is 1. The van der Waals surface area contributed by atoms with E-state index in [0.29, 0.717) is 22.6 Å². The fraction of sp³-hybridized carbons (Fsp3) is 0.207. The van der Waals surface area contributed by atoms with E-state index in [0.717, 1.165) is 5.56 Å². The molecule has 38 heavy (non-hydrogen) atoms. The quantitative estimate of drug-likeness (QED) is 0.196. The molecule has 1 heterocycles. The van der Waals surface area contributed by atoms with Crippen molar-refractivity contribution in [3.05, 3.63) is 93.5 Å². The molecule has 1 saturated heterocycles. The fourth-order valence-electron chi connectivity index (χ4n) is 4.49.